The summed E-state index contributed by atoms with van der Waals surface area (Å²) in [5.41, 5.74) is 0.367. The Hall–Kier alpha value is -2.15. The maximum Gasteiger partial charge on any atom is 0.306 e. The first kappa shape index (κ1) is 14.3. The van der Waals surface area contributed by atoms with E-state index in [2.05, 4.69) is 4.98 Å². The molecule has 1 fully saturated rings. The van der Waals surface area contributed by atoms with E-state index in [0.29, 0.717) is 18.7 Å². The summed E-state index contributed by atoms with van der Waals surface area (Å²) in [5.74, 6) is -0.907. The van der Waals surface area contributed by atoms with Gasteiger partial charge in [-0.25, -0.2) is 4.98 Å². The van der Waals surface area contributed by atoms with Crippen LogP contribution in [-0.4, -0.2) is 59.8 Å². The van der Waals surface area contributed by atoms with Crippen molar-refractivity contribution in [1.82, 2.24) is 9.88 Å². The van der Waals surface area contributed by atoms with Gasteiger partial charge in [0.15, 0.2) is 0 Å². The van der Waals surface area contributed by atoms with Crippen LogP contribution in [0.4, 0.5) is 0 Å². The Labute approximate surface area is 116 Å². The minimum Gasteiger partial charge on any atom is -0.481 e. The Kier molecular flexibility index (Phi) is 4.52. The second-order valence-corrected chi connectivity index (χ2v) is 4.40. The Morgan fingerprint density at radius 3 is 3.10 bits per heavy atom. The number of pyridine rings is 1. The number of hydrogen-bond donors (Lipinski definition) is 1. The predicted octanol–water partition coefficient (Wildman–Crippen LogP) is 0.406. The van der Waals surface area contributed by atoms with Crippen LogP contribution < -0.4 is 4.74 Å². The smallest absolute Gasteiger partial charge is 0.306 e. The normalized spacial score (nSPS) is 18.6. The van der Waals surface area contributed by atoms with E-state index in [-0.39, 0.29) is 24.8 Å². The van der Waals surface area contributed by atoms with Gasteiger partial charge in [-0.2, -0.15) is 0 Å². The maximum atomic E-state index is 12.4. The molecule has 2 heterocycles. The molecule has 0 radical (unpaired) electrons. The Balaban J connectivity index is 2.10. The largest absolute Gasteiger partial charge is 0.481 e. The van der Waals surface area contributed by atoms with Crippen molar-refractivity contribution in [3.05, 3.63) is 23.9 Å². The number of carboxylic acids is 1. The van der Waals surface area contributed by atoms with Crippen molar-refractivity contribution in [3.8, 4) is 5.88 Å². The highest BCUT2D eigenvalue weighted by molar-refractivity contribution is 5.96. The lowest BCUT2D eigenvalue weighted by Gasteiger charge is -2.32. The lowest BCUT2D eigenvalue weighted by Crippen LogP contribution is -2.46. The van der Waals surface area contributed by atoms with Gasteiger partial charge in [-0.1, -0.05) is 0 Å². The van der Waals surface area contributed by atoms with E-state index in [1.165, 1.54) is 7.11 Å². The number of morpholine rings is 1. The predicted molar refractivity (Wildman–Crippen MR) is 68.7 cm³/mol. The summed E-state index contributed by atoms with van der Waals surface area (Å²) in [6.07, 6.45) is 0.948. The molecule has 1 unspecified atom stereocenters. The van der Waals surface area contributed by atoms with E-state index in [0.717, 1.165) is 0 Å². The molecular formula is C13H16N2O5. The highest BCUT2D eigenvalue weighted by Gasteiger charge is 2.28. The van der Waals surface area contributed by atoms with Gasteiger partial charge in [-0.15, -0.1) is 0 Å². The van der Waals surface area contributed by atoms with Crippen LogP contribution in [0.5, 0.6) is 5.88 Å². The summed E-state index contributed by atoms with van der Waals surface area (Å²) in [6.45, 7) is 1.00. The molecule has 0 aromatic carbocycles. The van der Waals surface area contributed by atoms with E-state index in [1.54, 1.807) is 23.2 Å². The molecule has 1 aliphatic rings. The van der Waals surface area contributed by atoms with Crippen molar-refractivity contribution >= 4 is 11.9 Å². The quantitative estimate of drug-likeness (QED) is 0.859. The average molecular weight is 280 g/mol. The highest BCUT2D eigenvalue weighted by Crippen LogP contribution is 2.18. The third kappa shape index (κ3) is 3.24. The fourth-order valence-corrected chi connectivity index (χ4v) is 2.11. The Morgan fingerprint density at radius 2 is 2.40 bits per heavy atom. The Bertz CT molecular complexity index is 505. The van der Waals surface area contributed by atoms with Crippen molar-refractivity contribution in [3.63, 3.8) is 0 Å². The number of aromatic nitrogens is 1. The number of rotatable bonds is 4. The van der Waals surface area contributed by atoms with Crippen LogP contribution in [0.25, 0.3) is 0 Å². The summed E-state index contributed by atoms with van der Waals surface area (Å²) >= 11 is 0. The van der Waals surface area contributed by atoms with Gasteiger partial charge in [-0.05, 0) is 12.1 Å². The minimum atomic E-state index is -0.941. The zero-order chi connectivity index (χ0) is 14.5. The van der Waals surface area contributed by atoms with Gasteiger partial charge in [0.1, 0.15) is 5.56 Å². The van der Waals surface area contributed by atoms with E-state index >= 15 is 0 Å². The molecule has 1 aliphatic heterocycles. The number of amides is 1. The number of aliphatic carboxylic acids is 1. The van der Waals surface area contributed by atoms with E-state index in [4.69, 9.17) is 14.6 Å². The van der Waals surface area contributed by atoms with Crippen molar-refractivity contribution in [2.24, 2.45) is 0 Å². The molecular weight excluding hydrogens is 264 g/mol. The average Bonchev–Trinajstić information content (AvgIpc) is 2.46. The van der Waals surface area contributed by atoms with Crippen molar-refractivity contribution in [1.29, 1.82) is 0 Å². The van der Waals surface area contributed by atoms with Crippen molar-refractivity contribution in [2.75, 3.05) is 26.8 Å². The molecule has 1 aromatic rings. The van der Waals surface area contributed by atoms with Crippen LogP contribution >= 0.6 is 0 Å². The van der Waals surface area contributed by atoms with Gasteiger partial charge in [-0.3, -0.25) is 9.59 Å². The second kappa shape index (κ2) is 6.33. The molecule has 7 heteroatoms. The fraction of sp³-hybridized carbons (Fsp3) is 0.462. The zero-order valence-electron chi connectivity index (χ0n) is 11.1. The van der Waals surface area contributed by atoms with Crippen LogP contribution in [0, 0.1) is 0 Å². The standard InChI is InChI=1S/C13H16N2O5/c1-19-12-10(3-2-4-14-12)13(18)15-5-6-20-9(8-15)7-11(16)17/h2-4,9H,5-8H2,1H3,(H,16,17). The third-order valence-corrected chi connectivity index (χ3v) is 3.02. The zero-order valence-corrected chi connectivity index (χ0v) is 11.1. The molecule has 0 aliphatic carbocycles. The molecule has 0 saturated carbocycles. The molecule has 20 heavy (non-hydrogen) atoms. The van der Waals surface area contributed by atoms with Gasteiger partial charge >= 0.3 is 5.97 Å². The first-order chi connectivity index (χ1) is 9.61. The van der Waals surface area contributed by atoms with Gasteiger partial charge < -0.3 is 19.5 Å². The number of carboxylic acid groups (broad SMARTS) is 1. The summed E-state index contributed by atoms with van der Waals surface area (Å²) in [5, 5.41) is 8.78. The molecule has 2 rings (SSSR count). The first-order valence-electron chi connectivity index (χ1n) is 6.23. The summed E-state index contributed by atoms with van der Waals surface area (Å²) in [4.78, 5) is 28.7. The van der Waals surface area contributed by atoms with Gasteiger partial charge in [0, 0.05) is 19.3 Å². The molecule has 1 N–H and O–H groups in total. The lowest BCUT2D eigenvalue weighted by atomic mass is 10.1. The Morgan fingerprint density at radius 1 is 1.60 bits per heavy atom. The molecule has 1 saturated heterocycles. The maximum absolute atomic E-state index is 12.4. The van der Waals surface area contributed by atoms with Crippen LogP contribution in [0.2, 0.25) is 0 Å². The molecule has 1 atom stereocenters. The number of hydrogen-bond acceptors (Lipinski definition) is 5. The molecule has 0 bridgehead atoms. The van der Waals surface area contributed by atoms with Crippen LogP contribution in [0.15, 0.2) is 18.3 Å². The van der Waals surface area contributed by atoms with Crippen LogP contribution in [0.1, 0.15) is 16.8 Å². The van der Waals surface area contributed by atoms with E-state index in [9.17, 15) is 9.59 Å². The molecule has 0 spiro atoms. The highest BCUT2D eigenvalue weighted by atomic mass is 16.5. The number of carbonyl (C=O) groups excluding carboxylic acids is 1. The number of methoxy groups -OCH3 is 1. The van der Waals surface area contributed by atoms with Gasteiger partial charge in [0.25, 0.3) is 5.91 Å². The van der Waals surface area contributed by atoms with E-state index < -0.39 is 12.1 Å². The van der Waals surface area contributed by atoms with Crippen LogP contribution in [0.3, 0.4) is 0 Å². The van der Waals surface area contributed by atoms with E-state index in [1.807, 2.05) is 0 Å². The fourth-order valence-electron chi connectivity index (χ4n) is 2.11. The molecule has 1 aromatic heterocycles. The number of nitrogens with zero attached hydrogens (tertiary/aromatic N) is 2. The minimum absolute atomic E-state index is 0.117. The SMILES string of the molecule is COc1ncccc1C(=O)N1CCOC(CC(=O)O)C1. The summed E-state index contributed by atoms with van der Waals surface area (Å²) in [7, 11) is 1.45. The molecule has 1 amide bonds. The summed E-state index contributed by atoms with van der Waals surface area (Å²) in [6, 6.07) is 3.29. The van der Waals surface area contributed by atoms with Crippen molar-refractivity contribution in [2.45, 2.75) is 12.5 Å². The molecule has 7 nitrogen and oxygen atoms in total. The third-order valence-electron chi connectivity index (χ3n) is 3.02. The van der Waals surface area contributed by atoms with Crippen molar-refractivity contribution < 1.29 is 24.2 Å². The second-order valence-electron chi connectivity index (χ2n) is 4.40. The monoisotopic (exact) mass is 280 g/mol. The first-order valence-corrected chi connectivity index (χ1v) is 6.23. The van der Waals surface area contributed by atoms with Gasteiger partial charge in [0.2, 0.25) is 5.88 Å². The topological polar surface area (TPSA) is 89.0 Å². The summed E-state index contributed by atoms with van der Waals surface area (Å²) < 4.78 is 10.4. The van der Waals surface area contributed by atoms with Gasteiger partial charge in [0.05, 0.1) is 26.2 Å². The number of carbonyl (C=O) groups is 2. The molecule has 108 valence electrons. The lowest BCUT2D eigenvalue weighted by molar-refractivity contribution is -0.141. The van der Waals surface area contributed by atoms with Crippen LogP contribution in [-0.2, 0) is 9.53 Å². The number of ether oxygens (including phenoxy) is 2.